The van der Waals surface area contributed by atoms with Crippen molar-refractivity contribution in [3.63, 3.8) is 0 Å². The minimum Gasteiger partial charge on any atom is -0.481 e. The Hall–Kier alpha value is -0.480. The second-order valence-electron chi connectivity index (χ2n) is 3.41. The third-order valence-corrected chi connectivity index (χ3v) is 2.03. The van der Waals surface area contributed by atoms with Crippen molar-refractivity contribution >= 4 is 36.8 Å². The van der Waals surface area contributed by atoms with Crippen molar-refractivity contribution < 1.29 is 19.8 Å². The molecule has 0 aliphatic heterocycles. The van der Waals surface area contributed by atoms with Gasteiger partial charge in [-0.25, -0.2) is 0 Å². The van der Waals surface area contributed by atoms with Crippen LogP contribution >= 0.6 is 24.8 Å². The molecule has 0 amide bonds. The van der Waals surface area contributed by atoms with Crippen molar-refractivity contribution in [1.82, 2.24) is 0 Å². The summed E-state index contributed by atoms with van der Waals surface area (Å²) in [6, 6.07) is 0. The first kappa shape index (κ1) is 20.9. The second kappa shape index (κ2) is 14.5. The number of carboxylic acids is 2. The second-order valence-corrected chi connectivity index (χ2v) is 3.41. The van der Waals surface area contributed by atoms with Crippen molar-refractivity contribution in [1.29, 1.82) is 0 Å². The van der Waals surface area contributed by atoms with Crippen LogP contribution in [-0.2, 0) is 9.59 Å². The molecule has 0 aromatic rings. The quantitative estimate of drug-likeness (QED) is 0.634. The number of carbonyl (C=O) groups is 2. The summed E-state index contributed by atoms with van der Waals surface area (Å²) in [6.07, 6.45) is 5.82. The van der Waals surface area contributed by atoms with Gasteiger partial charge in [-0.15, -0.1) is 24.8 Å². The van der Waals surface area contributed by atoms with E-state index in [0.29, 0.717) is 0 Å². The van der Waals surface area contributed by atoms with Crippen LogP contribution in [0.25, 0.3) is 0 Å². The number of hydrogen-bond donors (Lipinski definition) is 2. The SMILES string of the molecule is Cl.Cl.O=C(O)CCCCCCCCC(=O)O. The largest absolute Gasteiger partial charge is 0.481 e. The summed E-state index contributed by atoms with van der Waals surface area (Å²) in [4.78, 5) is 20.3. The van der Waals surface area contributed by atoms with Gasteiger partial charge in [0.15, 0.2) is 0 Å². The van der Waals surface area contributed by atoms with Crippen molar-refractivity contribution in [3.05, 3.63) is 0 Å². The van der Waals surface area contributed by atoms with Gasteiger partial charge in [-0.3, -0.25) is 9.59 Å². The molecule has 6 heteroatoms. The zero-order valence-corrected chi connectivity index (χ0v) is 10.8. The number of rotatable bonds is 9. The lowest BCUT2D eigenvalue weighted by molar-refractivity contribution is -0.138. The molecule has 0 aliphatic carbocycles. The molecular weight excluding hydrogens is 255 g/mol. The van der Waals surface area contributed by atoms with Crippen LogP contribution in [0.3, 0.4) is 0 Å². The van der Waals surface area contributed by atoms with E-state index in [2.05, 4.69) is 0 Å². The van der Waals surface area contributed by atoms with Crippen molar-refractivity contribution in [3.8, 4) is 0 Å². The molecule has 2 N–H and O–H groups in total. The van der Waals surface area contributed by atoms with E-state index >= 15 is 0 Å². The van der Waals surface area contributed by atoms with Crippen LogP contribution in [0.4, 0.5) is 0 Å². The number of carboxylic acid groups (broad SMARTS) is 2. The van der Waals surface area contributed by atoms with Gasteiger partial charge < -0.3 is 10.2 Å². The van der Waals surface area contributed by atoms with Gasteiger partial charge in [-0.05, 0) is 12.8 Å². The Balaban J connectivity index is -0.000000845. The molecular formula is C10H20Cl2O4. The van der Waals surface area contributed by atoms with E-state index in [-0.39, 0.29) is 37.7 Å². The highest BCUT2D eigenvalue weighted by atomic mass is 35.5. The molecule has 0 fully saturated rings. The Labute approximate surface area is 108 Å². The minimum atomic E-state index is -0.740. The summed E-state index contributed by atoms with van der Waals surface area (Å²) in [5.74, 6) is -1.48. The van der Waals surface area contributed by atoms with Crippen LogP contribution < -0.4 is 0 Å². The molecule has 0 atom stereocenters. The van der Waals surface area contributed by atoms with Gasteiger partial charge in [-0.1, -0.05) is 25.7 Å². The average Bonchev–Trinajstić information content (AvgIpc) is 2.08. The number of aliphatic carboxylic acids is 2. The van der Waals surface area contributed by atoms with Crippen LogP contribution in [0.5, 0.6) is 0 Å². The van der Waals surface area contributed by atoms with Gasteiger partial charge in [0, 0.05) is 12.8 Å². The summed E-state index contributed by atoms with van der Waals surface area (Å²) in [5, 5.41) is 16.7. The highest BCUT2D eigenvalue weighted by Crippen LogP contribution is 2.08. The highest BCUT2D eigenvalue weighted by molar-refractivity contribution is 5.85. The lowest BCUT2D eigenvalue weighted by Crippen LogP contribution is -1.94. The van der Waals surface area contributed by atoms with E-state index in [1.54, 1.807) is 0 Å². The topological polar surface area (TPSA) is 74.6 Å². The number of hydrogen-bond acceptors (Lipinski definition) is 2. The third kappa shape index (κ3) is 19.1. The average molecular weight is 275 g/mol. The number of halogens is 2. The van der Waals surface area contributed by atoms with Crippen molar-refractivity contribution in [2.24, 2.45) is 0 Å². The van der Waals surface area contributed by atoms with Gasteiger partial charge >= 0.3 is 11.9 Å². The van der Waals surface area contributed by atoms with E-state index in [1.807, 2.05) is 0 Å². The zero-order valence-electron chi connectivity index (χ0n) is 9.18. The van der Waals surface area contributed by atoms with E-state index in [9.17, 15) is 9.59 Å². The maximum Gasteiger partial charge on any atom is 0.303 e. The van der Waals surface area contributed by atoms with Crippen LogP contribution in [0, 0.1) is 0 Å². The lowest BCUT2D eigenvalue weighted by Gasteiger charge is -1.98. The first-order valence-electron chi connectivity index (χ1n) is 5.06. The van der Waals surface area contributed by atoms with Gasteiger partial charge in [0.05, 0.1) is 0 Å². The Morgan fingerprint density at radius 3 is 1.12 bits per heavy atom. The fourth-order valence-electron chi connectivity index (χ4n) is 1.26. The Morgan fingerprint density at radius 2 is 0.875 bits per heavy atom. The summed E-state index contributed by atoms with van der Waals surface area (Å²) >= 11 is 0. The Morgan fingerprint density at radius 1 is 0.625 bits per heavy atom. The lowest BCUT2D eigenvalue weighted by atomic mass is 10.1. The van der Waals surface area contributed by atoms with Crippen LogP contribution in [0.1, 0.15) is 51.4 Å². The van der Waals surface area contributed by atoms with Gasteiger partial charge in [0.1, 0.15) is 0 Å². The fraction of sp³-hybridized carbons (Fsp3) is 0.800. The third-order valence-electron chi connectivity index (χ3n) is 2.03. The maximum atomic E-state index is 10.1. The van der Waals surface area contributed by atoms with E-state index in [1.165, 1.54) is 0 Å². The standard InChI is InChI=1S/C10H18O4.2ClH/c11-9(12)7-5-3-1-2-4-6-8-10(13)14;;/h1-8H2,(H,11,12)(H,13,14);2*1H. The molecule has 4 nitrogen and oxygen atoms in total. The highest BCUT2D eigenvalue weighted by Gasteiger charge is 1.98. The molecule has 0 unspecified atom stereocenters. The zero-order chi connectivity index (χ0) is 10.8. The molecule has 0 aromatic carbocycles. The molecule has 0 radical (unpaired) electrons. The minimum absolute atomic E-state index is 0. The monoisotopic (exact) mass is 274 g/mol. The molecule has 0 saturated heterocycles. The van der Waals surface area contributed by atoms with Crippen molar-refractivity contribution in [2.45, 2.75) is 51.4 Å². The molecule has 0 aliphatic rings. The predicted molar refractivity (Wildman–Crippen MR) is 66.7 cm³/mol. The molecule has 98 valence electrons. The van der Waals surface area contributed by atoms with Crippen molar-refractivity contribution in [2.75, 3.05) is 0 Å². The molecule has 0 bridgehead atoms. The van der Waals surface area contributed by atoms with Crippen LogP contribution in [-0.4, -0.2) is 22.2 Å². The van der Waals surface area contributed by atoms with Gasteiger partial charge in [-0.2, -0.15) is 0 Å². The van der Waals surface area contributed by atoms with Gasteiger partial charge in [0.2, 0.25) is 0 Å². The summed E-state index contributed by atoms with van der Waals surface area (Å²) in [5.41, 5.74) is 0. The first-order valence-corrected chi connectivity index (χ1v) is 5.06. The van der Waals surface area contributed by atoms with Crippen LogP contribution in [0.2, 0.25) is 0 Å². The molecule has 0 saturated carbocycles. The Bertz CT molecular complexity index is 166. The van der Waals surface area contributed by atoms with Crippen LogP contribution in [0.15, 0.2) is 0 Å². The normalized spacial score (nSPS) is 8.75. The van der Waals surface area contributed by atoms with E-state index in [4.69, 9.17) is 10.2 Å². The molecule has 16 heavy (non-hydrogen) atoms. The molecule has 0 heterocycles. The Kier molecular flexibility index (Phi) is 18.9. The first-order chi connectivity index (χ1) is 6.63. The summed E-state index contributed by atoms with van der Waals surface area (Å²) in [7, 11) is 0. The van der Waals surface area contributed by atoms with Gasteiger partial charge in [0.25, 0.3) is 0 Å². The predicted octanol–water partition coefficient (Wildman–Crippen LogP) is 3.12. The molecule has 0 aromatic heterocycles. The van der Waals surface area contributed by atoms with E-state index in [0.717, 1.165) is 38.5 Å². The summed E-state index contributed by atoms with van der Waals surface area (Å²) in [6.45, 7) is 0. The fourth-order valence-corrected chi connectivity index (χ4v) is 1.26. The maximum absolute atomic E-state index is 10.1. The summed E-state index contributed by atoms with van der Waals surface area (Å²) < 4.78 is 0. The molecule has 0 spiro atoms. The number of unbranched alkanes of at least 4 members (excludes halogenated alkanes) is 5. The molecule has 0 rings (SSSR count). The smallest absolute Gasteiger partial charge is 0.303 e. The van der Waals surface area contributed by atoms with E-state index < -0.39 is 11.9 Å².